The molecule has 7 rings (SSSR count). The molecular weight excluding hydrogens is 803 g/mol. The van der Waals surface area contributed by atoms with Crippen LogP contribution >= 0.6 is 0 Å². The molecule has 3 aliphatic carbocycles. The zero-order valence-electron chi connectivity index (χ0n) is 35.2. The lowest BCUT2D eigenvalue weighted by atomic mass is 9.44. The van der Waals surface area contributed by atoms with Crippen molar-refractivity contribution in [1.82, 2.24) is 5.32 Å². The first kappa shape index (κ1) is 44.3. The number of carbonyl (C=O) groups is 6. The minimum absolute atomic E-state index is 0.00289. The van der Waals surface area contributed by atoms with Gasteiger partial charge in [-0.05, 0) is 54.8 Å². The number of esters is 4. The van der Waals surface area contributed by atoms with E-state index in [0.717, 1.165) is 13.8 Å². The second kappa shape index (κ2) is 16.5. The van der Waals surface area contributed by atoms with Crippen molar-refractivity contribution in [1.29, 1.82) is 0 Å². The number of hydrogen-bond donors (Lipinski definition) is 4. The minimum atomic E-state index is -2.39. The maximum Gasteiger partial charge on any atom is 0.338 e. The molecule has 1 saturated heterocycles. The summed E-state index contributed by atoms with van der Waals surface area (Å²) in [6, 6.07) is 22.9. The van der Waals surface area contributed by atoms with Crippen molar-refractivity contribution in [2.45, 2.75) is 108 Å². The molecule has 0 radical (unpaired) electrons. The van der Waals surface area contributed by atoms with Gasteiger partial charge in [-0.1, -0.05) is 80.6 Å². The van der Waals surface area contributed by atoms with Gasteiger partial charge in [0.05, 0.1) is 35.6 Å². The van der Waals surface area contributed by atoms with Crippen LogP contribution in [0.1, 0.15) is 86.7 Å². The highest BCUT2D eigenvalue weighted by atomic mass is 16.6. The third-order valence-corrected chi connectivity index (χ3v) is 13.5. The van der Waals surface area contributed by atoms with E-state index in [1.54, 1.807) is 92.7 Å². The fourth-order valence-corrected chi connectivity index (χ4v) is 10.2. The monoisotopic (exact) mass is 853 g/mol. The Balaban J connectivity index is 1.39. The lowest BCUT2D eigenvalue weighted by Gasteiger charge is -2.67. The smallest absolute Gasteiger partial charge is 0.338 e. The number of benzene rings is 3. The van der Waals surface area contributed by atoms with Crippen molar-refractivity contribution >= 4 is 35.6 Å². The molecule has 3 aromatic rings. The van der Waals surface area contributed by atoms with Gasteiger partial charge in [0, 0.05) is 37.7 Å². The first-order valence-electron chi connectivity index (χ1n) is 20.5. The van der Waals surface area contributed by atoms with Crippen molar-refractivity contribution in [3.8, 4) is 0 Å². The fourth-order valence-electron chi connectivity index (χ4n) is 10.2. The van der Waals surface area contributed by atoms with Crippen molar-refractivity contribution in [3.63, 3.8) is 0 Å². The Morgan fingerprint density at radius 1 is 0.823 bits per heavy atom. The lowest BCUT2D eigenvalue weighted by Crippen LogP contribution is -2.82. The minimum Gasteiger partial charge on any atom is -0.456 e. The van der Waals surface area contributed by atoms with Crippen molar-refractivity contribution < 1.29 is 67.8 Å². The van der Waals surface area contributed by atoms with E-state index in [9.17, 15) is 39.3 Å². The Morgan fingerprint density at radius 2 is 1.40 bits per heavy atom. The number of amides is 1. The molecule has 0 spiro atoms. The van der Waals surface area contributed by atoms with Crippen LogP contribution in [0.5, 0.6) is 0 Å². The molecule has 3 aromatic carbocycles. The van der Waals surface area contributed by atoms with Crippen LogP contribution in [0.4, 0.5) is 0 Å². The molecule has 4 unspecified atom stereocenters. The third-order valence-electron chi connectivity index (χ3n) is 13.5. The van der Waals surface area contributed by atoms with E-state index in [0.29, 0.717) is 5.56 Å². The Hall–Kier alpha value is -5.74. The molecule has 1 heterocycles. The second-order valence-corrected chi connectivity index (χ2v) is 17.4. The fraction of sp³-hybridized carbons (Fsp3) is 0.447. The quantitative estimate of drug-likeness (QED) is 0.130. The van der Waals surface area contributed by atoms with Crippen molar-refractivity contribution in [3.05, 3.63) is 119 Å². The standard InChI is InChI=1S/C47H51NO14/c1-25-31(60-43(56)36(52)35(28-16-10-7-11-17-28)48-41(54)29-18-12-8-13-19-29)23-47(57)40(61-42(55)30-20-14-9-15-21-30)38-45(6,32(51)22-33-46(38,24-58-33)62-27(3)50)39(53)37(59-26(2)49)34(25)44(47,4)5/h7-21,31-33,35-38,40,51-52,57H,22-24H2,1-6H3,(H,48,54)/t31-,32-,33+,35?,36?,37+,38?,40?,45+,46-,47+/m0/s1. The summed E-state index contributed by atoms with van der Waals surface area (Å²) >= 11 is 0. The number of aliphatic hydroxyl groups excluding tert-OH is 2. The van der Waals surface area contributed by atoms with Crippen LogP contribution in [0.2, 0.25) is 0 Å². The van der Waals surface area contributed by atoms with Gasteiger partial charge in [-0.25, -0.2) is 9.59 Å². The zero-order valence-corrected chi connectivity index (χ0v) is 35.2. The molecule has 2 saturated carbocycles. The first-order valence-corrected chi connectivity index (χ1v) is 20.5. The largest absolute Gasteiger partial charge is 0.456 e. The Kier molecular flexibility index (Phi) is 11.8. The maximum atomic E-state index is 15.5. The second-order valence-electron chi connectivity index (χ2n) is 17.4. The molecule has 4 N–H and O–H groups in total. The van der Waals surface area contributed by atoms with E-state index in [1.807, 2.05) is 0 Å². The number of ether oxygens (including phenoxy) is 5. The number of Topliss-reactive ketones (excluding diaryl/α,β-unsaturated/α-hetero) is 1. The predicted molar refractivity (Wildman–Crippen MR) is 218 cm³/mol. The summed E-state index contributed by atoms with van der Waals surface area (Å²) in [6.07, 6.45) is -10.5. The van der Waals surface area contributed by atoms with E-state index < -0.39 is 113 Å². The summed E-state index contributed by atoms with van der Waals surface area (Å²) in [6.45, 7) is 7.97. The number of carbonyl (C=O) groups excluding carboxylic acids is 6. The van der Waals surface area contributed by atoms with Gasteiger partial charge in [0.15, 0.2) is 23.6 Å². The maximum absolute atomic E-state index is 15.5. The molecule has 15 heteroatoms. The molecule has 328 valence electrons. The van der Waals surface area contributed by atoms with Crippen molar-refractivity contribution in [2.24, 2.45) is 16.7 Å². The first-order chi connectivity index (χ1) is 29.3. The lowest BCUT2D eigenvalue weighted by molar-refractivity contribution is -0.346. The Bertz CT molecular complexity index is 2280. The molecular formula is C47H51NO14. The van der Waals surface area contributed by atoms with Crippen LogP contribution in [0.25, 0.3) is 0 Å². The highest BCUT2D eigenvalue weighted by Crippen LogP contribution is 2.64. The molecule has 2 bridgehead atoms. The van der Waals surface area contributed by atoms with Gasteiger partial charge in [0.1, 0.15) is 23.9 Å². The number of fused-ring (bicyclic) bond motifs is 5. The highest BCUT2D eigenvalue weighted by molar-refractivity contribution is 5.96. The molecule has 1 amide bonds. The summed E-state index contributed by atoms with van der Waals surface area (Å²) < 4.78 is 30.3. The Morgan fingerprint density at radius 3 is 1.95 bits per heavy atom. The molecule has 11 atom stereocenters. The van der Waals surface area contributed by atoms with Crippen LogP contribution in [0, 0.1) is 16.7 Å². The summed E-state index contributed by atoms with van der Waals surface area (Å²) in [5.74, 6) is -6.84. The van der Waals surface area contributed by atoms with Crippen LogP contribution in [-0.4, -0.2) is 105 Å². The van der Waals surface area contributed by atoms with E-state index in [2.05, 4.69) is 5.32 Å². The molecule has 1 aliphatic heterocycles. The van der Waals surface area contributed by atoms with E-state index in [4.69, 9.17) is 23.7 Å². The van der Waals surface area contributed by atoms with Crippen molar-refractivity contribution in [2.75, 3.05) is 6.61 Å². The van der Waals surface area contributed by atoms with E-state index in [-0.39, 0.29) is 35.3 Å². The SMILES string of the molecule is CC(=O)O[C@H]1C(=O)[C@@]2(C)C(C(OC(=O)c3ccccc3)[C@]3(O)C[C@H](OC(=O)C(O)C(NC(=O)c4ccccc4)c4ccccc4)C(C)=C1C3(C)C)[C@]1(OC(C)=O)CO[C@@H]1C[C@@H]2O. The Labute approximate surface area is 358 Å². The van der Waals surface area contributed by atoms with Crippen LogP contribution in [-0.2, 0) is 42.9 Å². The summed E-state index contributed by atoms with van der Waals surface area (Å²) in [5, 5.41) is 40.2. The van der Waals surface area contributed by atoms with Gasteiger partial charge < -0.3 is 44.3 Å². The van der Waals surface area contributed by atoms with Gasteiger partial charge in [-0.15, -0.1) is 0 Å². The number of nitrogens with one attached hydrogen (secondary N) is 1. The molecule has 3 fully saturated rings. The number of rotatable bonds is 10. The van der Waals surface area contributed by atoms with Gasteiger partial charge in [-0.3, -0.25) is 19.2 Å². The zero-order chi connectivity index (χ0) is 44.9. The van der Waals surface area contributed by atoms with Gasteiger partial charge in [-0.2, -0.15) is 0 Å². The van der Waals surface area contributed by atoms with Gasteiger partial charge in [0.25, 0.3) is 5.91 Å². The number of aliphatic hydroxyl groups is 3. The van der Waals surface area contributed by atoms with E-state index in [1.165, 1.54) is 26.0 Å². The molecule has 15 nitrogen and oxygen atoms in total. The molecule has 0 aromatic heterocycles. The van der Waals surface area contributed by atoms with Crippen LogP contribution < -0.4 is 5.32 Å². The van der Waals surface area contributed by atoms with Gasteiger partial charge >= 0.3 is 23.9 Å². The van der Waals surface area contributed by atoms with Crippen LogP contribution in [0.3, 0.4) is 0 Å². The number of ketones is 1. The highest BCUT2D eigenvalue weighted by Gasteiger charge is 2.78. The molecule has 62 heavy (non-hydrogen) atoms. The summed E-state index contributed by atoms with van der Waals surface area (Å²) in [7, 11) is 0. The summed E-state index contributed by atoms with van der Waals surface area (Å²) in [5.41, 5.74) is -7.02. The summed E-state index contributed by atoms with van der Waals surface area (Å²) in [4.78, 5) is 83.5. The normalized spacial score (nSPS) is 31.9. The van der Waals surface area contributed by atoms with E-state index >= 15 is 4.79 Å². The average Bonchev–Trinajstić information content (AvgIpc) is 3.24. The topological polar surface area (TPSA) is 221 Å². The average molecular weight is 854 g/mol. The van der Waals surface area contributed by atoms with Gasteiger partial charge in [0.2, 0.25) is 0 Å². The number of hydrogen-bond acceptors (Lipinski definition) is 14. The third kappa shape index (κ3) is 7.29. The molecule has 4 aliphatic rings. The van der Waals surface area contributed by atoms with Crippen LogP contribution in [0.15, 0.2) is 102 Å². The predicted octanol–water partition coefficient (Wildman–Crippen LogP) is 3.74.